The average Bonchev–Trinajstić information content (AvgIpc) is 3.47. The summed E-state index contributed by atoms with van der Waals surface area (Å²) in [5.74, 6) is -2.27. The van der Waals surface area contributed by atoms with Gasteiger partial charge in [-0.1, -0.05) is 50.6 Å². The van der Waals surface area contributed by atoms with Gasteiger partial charge in [0.2, 0.25) is 11.9 Å². The highest BCUT2D eigenvalue weighted by atomic mass is 32.1. The van der Waals surface area contributed by atoms with Gasteiger partial charge < -0.3 is 15.2 Å². The maximum Gasteiger partial charge on any atom is 0.305 e. The summed E-state index contributed by atoms with van der Waals surface area (Å²) < 4.78 is 6.32. The molecule has 1 aromatic heterocycles. The van der Waals surface area contributed by atoms with Crippen LogP contribution in [0.15, 0.2) is 47.2 Å². The van der Waals surface area contributed by atoms with E-state index in [1.165, 1.54) is 11.3 Å². The Kier molecular flexibility index (Phi) is 9.14. The minimum atomic E-state index is -1.08. The van der Waals surface area contributed by atoms with Crippen molar-refractivity contribution >= 4 is 23.2 Å². The van der Waals surface area contributed by atoms with Crippen LogP contribution >= 0.6 is 11.3 Å². The number of thiophene rings is 1. The summed E-state index contributed by atoms with van der Waals surface area (Å²) in [5.41, 5.74) is 1.69. The molecule has 1 fully saturated rings. The van der Waals surface area contributed by atoms with Crippen LogP contribution in [-0.4, -0.2) is 46.6 Å². The van der Waals surface area contributed by atoms with E-state index in [2.05, 4.69) is 10.6 Å². The van der Waals surface area contributed by atoms with Gasteiger partial charge in [0.25, 0.3) is 0 Å². The number of carbonyl (C=O) groups is 2. The number of ether oxygens (including phenoxy) is 1. The number of aliphatic carboxylic acids is 1. The molecule has 1 saturated heterocycles. The number of benzene rings is 1. The maximum atomic E-state index is 13.2. The molecule has 184 valence electrons. The molecule has 1 aliphatic rings. The predicted octanol–water partition coefficient (Wildman–Crippen LogP) is 3.24. The zero-order chi connectivity index (χ0) is 24.7. The molecule has 0 bridgehead atoms. The second-order valence-electron chi connectivity index (χ2n) is 8.61. The zero-order valence-corrected chi connectivity index (χ0v) is 20.1. The van der Waals surface area contributed by atoms with E-state index < -0.39 is 42.0 Å². The number of hydrogen-bond acceptors (Lipinski definition) is 7. The Morgan fingerprint density at radius 1 is 1.29 bits per heavy atom. The van der Waals surface area contributed by atoms with E-state index in [-0.39, 0.29) is 30.4 Å². The monoisotopic (exact) mass is 489 g/mol. The second kappa shape index (κ2) is 12.0. The van der Waals surface area contributed by atoms with Crippen LogP contribution in [0.1, 0.15) is 43.9 Å². The van der Waals surface area contributed by atoms with Crippen molar-refractivity contribution in [2.75, 3.05) is 6.54 Å². The largest absolute Gasteiger partial charge is 0.481 e. The molecule has 1 aromatic carbocycles. The molecule has 1 unspecified atom stereocenters. The van der Waals surface area contributed by atoms with Crippen LogP contribution < -0.4 is 10.6 Å². The molecule has 1 amide bonds. The van der Waals surface area contributed by atoms with Gasteiger partial charge in [-0.25, -0.2) is 0 Å². The van der Waals surface area contributed by atoms with Gasteiger partial charge in [-0.15, -0.1) is 0 Å². The maximum absolute atomic E-state index is 13.2. The fourth-order valence-corrected chi connectivity index (χ4v) is 5.22. The van der Waals surface area contributed by atoms with Crippen molar-refractivity contribution in [2.24, 2.45) is 11.8 Å². The molecule has 0 radical (unpaired) electrons. The molecule has 1 aliphatic heterocycles. The molecular formula is C24H31N3O6S. The fraction of sp³-hybridized carbons (Fsp3) is 0.500. The fourth-order valence-electron chi connectivity index (χ4n) is 4.52. The quantitative estimate of drug-likeness (QED) is 0.308. The molecule has 3 rings (SSSR count). The number of carbonyl (C=O) groups excluding carboxylic acids is 1. The van der Waals surface area contributed by atoms with Gasteiger partial charge in [0, 0.05) is 11.5 Å². The molecule has 0 aliphatic carbocycles. The summed E-state index contributed by atoms with van der Waals surface area (Å²) >= 11 is 1.44. The predicted molar refractivity (Wildman–Crippen MR) is 128 cm³/mol. The Bertz CT molecular complexity index is 955. The second-order valence-corrected chi connectivity index (χ2v) is 9.39. The van der Waals surface area contributed by atoms with E-state index in [1.54, 1.807) is 0 Å². The van der Waals surface area contributed by atoms with Crippen molar-refractivity contribution in [3.8, 4) is 0 Å². The van der Waals surface area contributed by atoms with Gasteiger partial charge >= 0.3 is 5.97 Å². The summed E-state index contributed by atoms with van der Waals surface area (Å²) in [5, 5.41) is 30.8. The third-order valence-electron chi connectivity index (χ3n) is 6.42. The van der Waals surface area contributed by atoms with Crippen LogP contribution in [0.3, 0.4) is 0 Å². The minimum absolute atomic E-state index is 0.0477. The number of carboxylic acid groups (broad SMARTS) is 1. The topological polar surface area (TPSA) is 131 Å². The summed E-state index contributed by atoms with van der Waals surface area (Å²) in [7, 11) is 0. The number of carboxylic acids is 1. The lowest BCUT2D eigenvalue weighted by atomic mass is 9.80. The van der Waals surface area contributed by atoms with Crippen LogP contribution in [0, 0.1) is 22.0 Å². The summed E-state index contributed by atoms with van der Waals surface area (Å²) in [4.78, 5) is 36.1. The van der Waals surface area contributed by atoms with Gasteiger partial charge in [0.1, 0.15) is 6.04 Å². The van der Waals surface area contributed by atoms with E-state index in [4.69, 9.17) is 9.84 Å². The smallest absolute Gasteiger partial charge is 0.305 e. The summed E-state index contributed by atoms with van der Waals surface area (Å²) in [6.45, 7) is 4.19. The van der Waals surface area contributed by atoms with Crippen LogP contribution in [0.5, 0.6) is 0 Å². The lowest BCUT2D eigenvalue weighted by Gasteiger charge is -2.32. The summed E-state index contributed by atoms with van der Waals surface area (Å²) in [6, 6.07) is 8.74. The van der Waals surface area contributed by atoms with Gasteiger partial charge in [-0.2, -0.15) is 11.3 Å². The van der Waals surface area contributed by atoms with E-state index in [0.29, 0.717) is 0 Å². The van der Waals surface area contributed by atoms with E-state index in [1.807, 2.05) is 61.0 Å². The molecule has 3 N–H and O–H groups in total. The van der Waals surface area contributed by atoms with Crippen molar-refractivity contribution in [1.29, 1.82) is 0 Å². The standard InChI is InChI=1S/C24H31N3O6S/c1-3-15(2)23(33-13-16-7-5-4-6-8-16)19-21(24(30)25-11-9-18(28)29)26-20(22(19)27(31)32)17-10-12-34-14-17/h4-8,10,12,14-15,19-23,26H,3,9,11,13H2,1-2H3,(H,25,30)(H,28,29)/t15-,19+,20-,21-,22-,23?/m0/s1. The molecule has 9 nitrogen and oxygen atoms in total. The van der Waals surface area contributed by atoms with Crippen LogP contribution in [0.4, 0.5) is 0 Å². The first-order valence-corrected chi connectivity index (χ1v) is 12.3. The van der Waals surface area contributed by atoms with Crippen molar-refractivity contribution in [3.05, 3.63) is 68.4 Å². The molecular weight excluding hydrogens is 458 g/mol. The number of amides is 1. The Balaban J connectivity index is 1.94. The summed E-state index contributed by atoms with van der Waals surface area (Å²) in [6.07, 6.45) is -0.0710. The Morgan fingerprint density at radius 3 is 2.62 bits per heavy atom. The van der Waals surface area contributed by atoms with Crippen molar-refractivity contribution in [3.63, 3.8) is 0 Å². The molecule has 10 heteroatoms. The Morgan fingerprint density at radius 2 is 2.03 bits per heavy atom. The highest BCUT2D eigenvalue weighted by Gasteiger charge is 2.57. The lowest BCUT2D eigenvalue weighted by molar-refractivity contribution is -0.535. The molecule has 2 heterocycles. The van der Waals surface area contributed by atoms with Crippen LogP contribution in [-0.2, 0) is 20.9 Å². The van der Waals surface area contributed by atoms with E-state index >= 15 is 0 Å². The molecule has 6 atom stereocenters. The highest BCUT2D eigenvalue weighted by Crippen LogP contribution is 2.40. The van der Waals surface area contributed by atoms with Gasteiger partial charge in [0.05, 0.1) is 31.1 Å². The first-order chi connectivity index (χ1) is 16.3. The number of hydrogen-bond donors (Lipinski definition) is 3. The Hall–Kier alpha value is -2.82. The lowest BCUT2D eigenvalue weighted by Crippen LogP contribution is -2.51. The molecule has 0 spiro atoms. The minimum Gasteiger partial charge on any atom is -0.481 e. The third-order valence-corrected chi connectivity index (χ3v) is 7.12. The molecule has 0 saturated carbocycles. The average molecular weight is 490 g/mol. The van der Waals surface area contributed by atoms with Gasteiger partial charge in [-0.3, -0.25) is 25.0 Å². The highest BCUT2D eigenvalue weighted by molar-refractivity contribution is 7.08. The molecule has 2 aromatic rings. The van der Waals surface area contributed by atoms with Crippen molar-refractivity contribution < 1.29 is 24.4 Å². The van der Waals surface area contributed by atoms with Crippen molar-refractivity contribution in [2.45, 2.75) is 57.5 Å². The van der Waals surface area contributed by atoms with E-state index in [9.17, 15) is 19.7 Å². The van der Waals surface area contributed by atoms with Gasteiger partial charge in [0.15, 0.2) is 0 Å². The number of nitrogens with one attached hydrogen (secondary N) is 2. The first-order valence-electron chi connectivity index (χ1n) is 11.4. The number of nitro groups is 1. The number of nitrogens with zero attached hydrogens (tertiary/aromatic N) is 1. The Labute approximate surface area is 202 Å². The SMILES string of the molecule is CC[C@H](C)C(OCc1ccccc1)[C@H]1[C@H]([N+](=O)[O-])[C@H](c2ccsc2)N[C@@H]1C(=O)NCCC(=O)O. The molecule has 34 heavy (non-hydrogen) atoms. The van der Waals surface area contributed by atoms with Gasteiger partial charge in [-0.05, 0) is 33.9 Å². The zero-order valence-electron chi connectivity index (χ0n) is 19.3. The van der Waals surface area contributed by atoms with Crippen molar-refractivity contribution in [1.82, 2.24) is 10.6 Å². The normalized spacial score (nSPS) is 23.8. The third kappa shape index (κ3) is 6.19. The van der Waals surface area contributed by atoms with Crippen LogP contribution in [0.25, 0.3) is 0 Å². The number of rotatable bonds is 12. The van der Waals surface area contributed by atoms with Crippen LogP contribution in [0.2, 0.25) is 0 Å². The van der Waals surface area contributed by atoms with E-state index in [0.717, 1.165) is 17.5 Å². The first kappa shape index (κ1) is 25.8.